The van der Waals surface area contributed by atoms with Crippen molar-refractivity contribution in [2.45, 2.75) is 19.8 Å². The molecule has 2 aromatic rings. The van der Waals surface area contributed by atoms with Gasteiger partial charge in [-0.05, 0) is 76.6 Å². The van der Waals surface area contributed by atoms with Crippen LogP contribution in [0, 0.1) is 9.39 Å². The lowest BCUT2D eigenvalue weighted by molar-refractivity contribution is 0.0977. The Kier molecular flexibility index (Phi) is 6.06. The van der Waals surface area contributed by atoms with E-state index in [1.165, 1.54) is 6.07 Å². The van der Waals surface area contributed by atoms with Crippen LogP contribution in [0.15, 0.2) is 42.5 Å². The van der Waals surface area contributed by atoms with E-state index in [-0.39, 0.29) is 16.7 Å². The summed E-state index contributed by atoms with van der Waals surface area (Å²) in [6, 6.07) is 12.0. The van der Waals surface area contributed by atoms with Crippen molar-refractivity contribution >= 4 is 51.5 Å². The highest BCUT2D eigenvalue weighted by Gasteiger charge is 2.10. The Hall–Kier alpha value is -1.54. The first-order valence-electron chi connectivity index (χ1n) is 7.04. The third-order valence-electron chi connectivity index (χ3n) is 3.25. The average Bonchev–Trinajstić information content (AvgIpc) is 2.50. The Morgan fingerprint density at radius 1 is 1.17 bits per heavy atom. The van der Waals surface area contributed by atoms with Crippen molar-refractivity contribution < 1.29 is 9.18 Å². The minimum Gasteiger partial charge on any atom is -0.330 e. The van der Waals surface area contributed by atoms with Crippen LogP contribution in [0.5, 0.6) is 0 Å². The minimum absolute atomic E-state index is 0.0584. The molecule has 1 amide bonds. The van der Waals surface area contributed by atoms with Gasteiger partial charge in [-0.3, -0.25) is 10.1 Å². The minimum atomic E-state index is -0.421. The molecule has 0 aliphatic carbocycles. The van der Waals surface area contributed by atoms with E-state index in [0.717, 1.165) is 9.13 Å². The number of hydrogen-bond donors (Lipinski definition) is 2. The van der Waals surface area contributed by atoms with E-state index in [4.69, 9.17) is 12.2 Å². The monoisotopic (exact) mass is 442 g/mol. The molecule has 0 radical (unpaired) electrons. The fourth-order valence-corrected chi connectivity index (χ4v) is 2.59. The van der Waals surface area contributed by atoms with Crippen LogP contribution in [0.3, 0.4) is 0 Å². The predicted octanol–water partition coefficient (Wildman–Crippen LogP) is 4.68. The number of carbonyl (C=O) groups excluding carboxylic acids is 1. The number of hydrogen-bond acceptors (Lipinski definition) is 2. The van der Waals surface area contributed by atoms with Crippen molar-refractivity contribution in [3.63, 3.8) is 0 Å². The summed E-state index contributed by atoms with van der Waals surface area (Å²) in [7, 11) is 0. The van der Waals surface area contributed by atoms with Crippen molar-refractivity contribution in [2.75, 3.05) is 5.32 Å². The largest absolute Gasteiger partial charge is 0.330 e. The van der Waals surface area contributed by atoms with Gasteiger partial charge in [-0.2, -0.15) is 0 Å². The zero-order chi connectivity index (χ0) is 17.0. The highest BCUT2D eigenvalue weighted by molar-refractivity contribution is 14.1. The second-order valence-corrected chi connectivity index (χ2v) is 6.96. The molecule has 0 aliphatic rings. The molecule has 2 aromatic carbocycles. The molecule has 0 spiro atoms. The molecule has 0 bridgehead atoms. The zero-order valence-corrected chi connectivity index (χ0v) is 15.7. The lowest BCUT2D eigenvalue weighted by Gasteiger charge is -2.11. The number of rotatable bonds is 3. The van der Waals surface area contributed by atoms with Crippen LogP contribution in [0.25, 0.3) is 0 Å². The molecule has 0 aromatic heterocycles. The molecule has 0 heterocycles. The fourth-order valence-electron chi connectivity index (χ4n) is 1.94. The van der Waals surface area contributed by atoms with E-state index >= 15 is 0 Å². The number of anilines is 1. The normalized spacial score (nSPS) is 10.5. The van der Waals surface area contributed by atoms with E-state index in [1.807, 2.05) is 34.7 Å². The highest BCUT2D eigenvalue weighted by Crippen LogP contribution is 2.17. The summed E-state index contributed by atoms with van der Waals surface area (Å²) in [6.07, 6.45) is 0. The molecular weight excluding hydrogens is 426 g/mol. The summed E-state index contributed by atoms with van der Waals surface area (Å²) in [5.41, 5.74) is 1.88. The zero-order valence-electron chi connectivity index (χ0n) is 12.7. The molecule has 0 saturated heterocycles. The molecule has 2 rings (SSSR count). The number of benzene rings is 2. The molecule has 3 nitrogen and oxygen atoms in total. The SMILES string of the molecule is CC(C)c1ccc(C(=O)NC(=S)Nc2ccc(I)cc2F)cc1. The molecular formula is C17H16FIN2OS. The first kappa shape index (κ1) is 17.8. The Bertz CT molecular complexity index is 732. The van der Waals surface area contributed by atoms with Gasteiger partial charge >= 0.3 is 0 Å². The number of halogens is 2. The van der Waals surface area contributed by atoms with Crippen LogP contribution >= 0.6 is 34.8 Å². The number of carbonyl (C=O) groups is 1. The summed E-state index contributed by atoms with van der Waals surface area (Å²) < 4.78 is 14.5. The molecule has 0 saturated carbocycles. The van der Waals surface area contributed by atoms with Crippen LogP contribution < -0.4 is 10.6 Å². The second-order valence-electron chi connectivity index (χ2n) is 5.31. The standard InChI is InChI=1S/C17H16FIN2OS/c1-10(2)11-3-5-12(6-4-11)16(22)21-17(23)20-15-8-7-13(19)9-14(15)18/h3-10H,1-2H3,(H2,20,21,22,23). The van der Waals surface area contributed by atoms with Crippen molar-refractivity contribution in [3.05, 3.63) is 63.0 Å². The lowest BCUT2D eigenvalue weighted by Crippen LogP contribution is -2.34. The van der Waals surface area contributed by atoms with Crippen LogP contribution in [0.2, 0.25) is 0 Å². The van der Waals surface area contributed by atoms with Gasteiger partial charge in [0.25, 0.3) is 5.91 Å². The molecule has 120 valence electrons. The van der Waals surface area contributed by atoms with Crippen molar-refractivity contribution in [3.8, 4) is 0 Å². The van der Waals surface area contributed by atoms with Gasteiger partial charge < -0.3 is 5.32 Å². The first-order chi connectivity index (χ1) is 10.9. The summed E-state index contributed by atoms with van der Waals surface area (Å²) in [5.74, 6) is -0.350. The van der Waals surface area contributed by atoms with Gasteiger partial charge in [0.15, 0.2) is 5.11 Å². The molecule has 0 unspecified atom stereocenters. The van der Waals surface area contributed by atoms with Gasteiger partial charge in [0.2, 0.25) is 0 Å². The van der Waals surface area contributed by atoms with E-state index < -0.39 is 5.82 Å². The third kappa shape index (κ3) is 4.97. The summed E-state index contributed by atoms with van der Waals surface area (Å²) in [5, 5.41) is 5.30. The van der Waals surface area contributed by atoms with E-state index in [1.54, 1.807) is 24.3 Å². The smallest absolute Gasteiger partial charge is 0.257 e. The summed E-state index contributed by atoms with van der Waals surface area (Å²) in [4.78, 5) is 12.1. The van der Waals surface area contributed by atoms with Gasteiger partial charge in [-0.25, -0.2) is 4.39 Å². The number of amides is 1. The van der Waals surface area contributed by atoms with Crippen LogP contribution in [-0.4, -0.2) is 11.0 Å². The summed E-state index contributed by atoms with van der Waals surface area (Å²) >= 11 is 7.08. The van der Waals surface area contributed by atoms with Crippen molar-refractivity contribution in [1.82, 2.24) is 5.32 Å². The Labute approximate surface area is 153 Å². The van der Waals surface area contributed by atoms with Crippen molar-refractivity contribution in [1.29, 1.82) is 0 Å². The summed E-state index contributed by atoms with van der Waals surface area (Å²) in [6.45, 7) is 4.17. The van der Waals surface area contributed by atoms with Gasteiger partial charge in [0.1, 0.15) is 5.82 Å². The maximum atomic E-state index is 13.8. The lowest BCUT2D eigenvalue weighted by atomic mass is 10.0. The Balaban J connectivity index is 2.00. The van der Waals surface area contributed by atoms with Gasteiger partial charge in [0, 0.05) is 9.13 Å². The third-order valence-corrected chi connectivity index (χ3v) is 4.12. The first-order valence-corrected chi connectivity index (χ1v) is 8.53. The molecule has 0 aliphatic heterocycles. The van der Waals surface area contributed by atoms with Crippen LogP contribution in [0.1, 0.15) is 35.7 Å². The topological polar surface area (TPSA) is 41.1 Å². The van der Waals surface area contributed by atoms with E-state index in [9.17, 15) is 9.18 Å². The van der Waals surface area contributed by atoms with Gasteiger partial charge in [-0.1, -0.05) is 26.0 Å². The number of nitrogens with one attached hydrogen (secondary N) is 2. The van der Waals surface area contributed by atoms with Gasteiger partial charge in [0.05, 0.1) is 5.69 Å². The predicted molar refractivity (Wildman–Crippen MR) is 103 cm³/mol. The van der Waals surface area contributed by atoms with E-state index in [0.29, 0.717) is 11.5 Å². The maximum Gasteiger partial charge on any atom is 0.257 e. The van der Waals surface area contributed by atoms with E-state index in [2.05, 4.69) is 24.5 Å². The fraction of sp³-hybridized carbons (Fsp3) is 0.176. The van der Waals surface area contributed by atoms with Crippen molar-refractivity contribution in [2.24, 2.45) is 0 Å². The molecule has 0 atom stereocenters. The van der Waals surface area contributed by atoms with Crippen LogP contribution in [-0.2, 0) is 0 Å². The van der Waals surface area contributed by atoms with Crippen LogP contribution in [0.4, 0.5) is 10.1 Å². The number of thiocarbonyl (C=S) groups is 1. The Morgan fingerprint density at radius 3 is 2.39 bits per heavy atom. The Morgan fingerprint density at radius 2 is 1.83 bits per heavy atom. The molecule has 2 N–H and O–H groups in total. The molecule has 0 fully saturated rings. The maximum absolute atomic E-state index is 13.8. The molecule has 6 heteroatoms. The highest BCUT2D eigenvalue weighted by atomic mass is 127. The quantitative estimate of drug-likeness (QED) is 0.536. The molecule has 23 heavy (non-hydrogen) atoms. The second kappa shape index (κ2) is 7.83. The average molecular weight is 442 g/mol. The van der Waals surface area contributed by atoms with Gasteiger partial charge in [-0.15, -0.1) is 0 Å².